The quantitative estimate of drug-likeness (QED) is 0.283. The Morgan fingerprint density at radius 1 is 0.639 bits per heavy atom. The highest BCUT2D eigenvalue weighted by atomic mass is 15.1. The van der Waals surface area contributed by atoms with E-state index in [-0.39, 0.29) is 6.04 Å². The number of aromatic nitrogens is 2. The molecular formula is C33H25N3. The van der Waals surface area contributed by atoms with Crippen LogP contribution in [-0.4, -0.2) is 9.55 Å². The Kier molecular flexibility index (Phi) is 4.74. The summed E-state index contributed by atoms with van der Waals surface area (Å²) < 4.78 is 2.41. The Hall–Kier alpha value is -4.63. The van der Waals surface area contributed by atoms with Crippen molar-refractivity contribution in [3.63, 3.8) is 0 Å². The number of hydrogen-bond donors (Lipinski definition) is 1. The summed E-state index contributed by atoms with van der Waals surface area (Å²) in [6.07, 6.45) is 0. The molecule has 0 fully saturated rings. The minimum atomic E-state index is 0.173. The van der Waals surface area contributed by atoms with E-state index in [2.05, 4.69) is 132 Å². The lowest BCUT2D eigenvalue weighted by molar-refractivity contribution is 0.697. The molecule has 1 aliphatic heterocycles. The minimum Gasteiger partial charge on any atom is -0.355 e. The van der Waals surface area contributed by atoms with Gasteiger partial charge in [0, 0.05) is 22.5 Å². The van der Waals surface area contributed by atoms with Gasteiger partial charge >= 0.3 is 0 Å². The van der Waals surface area contributed by atoms with Gasteiger partial charge in [-0.15, -0.1) is 0 Å². The maximum Gasteiger partial charge on any atom is 0.142 e. The van der Waals surface area contributed by atoms with Gasteiger partial charge < -0.3 is 9.88 Å². The Bertz CT molecular complexity index is 1720. The van der Waals surface area contributed by atoms with Gasteiger partial charge in [0.2, 0.25) is 0 Å². The van der Waals surface area contributed by atoms with Gasteiger partial charge in [-0.25, -0.2) is 4.98 Å². The molecule has 172 valence electrons. The predicted molar refractivity (Wildman–Crippen MR) is 150 cm³/mol. The van der Waals surface area contributed by atoms with Crippen molar-refractivity contribution < 1.29 is 0 Å². The first-order chi connectivity index (χ1) is 17.8. The number of para-hydroxylation sites is 2. The van der Waals surface area contributed by atoms with Crippen LogP contribution in [0.2, 0.25) is 0 Å². The largest absolute Gasteiger partial charge is 0.355 e. The molecular weight excluding hydrogens is 438 g/mol. The topological polar surface area (TPSA) is 29.9 Å². The van der Waals surface area contributed by atoms with Gasteiger partial charge in [0.05, 0.1) is 17.1 Å². The van der Waals surface area contributed by atoms with E-state index in [9.17, 15) is 0 Å². The van der Waals surface area contributed by atoms with Crippen molar-refractivity contribution in [2.45, 2.75) is 13.0 Å². The highest BCUT2D eigenvalue weighted by Crippen LogP contribution is 2.47. The van der Waals surface area contributed by atoms with Crippen molar-refractivity contribution in [2.24, 2.45) is 0 Å². The average molecular weight is 464 g/mol. The standard InChI is InChI=1S/C33H25N3/c1-22-32-27(26-15-8-9-18-29(26)34-25-13-6-3-7-14-25)16-10-17-28(32)33-35-30-20-19-24(21-31(30)36(22)33)23-11-4-2-5-12-23/h2-22,34H,1H3. The van der Waals surface area contributed by atoms with Crippen LogP contribution in [0.1, 0.15) is 18.5 Å². The zero-order valence-electron chi connectivity index (χ0n) is 20.0. The predicted octanol–water partition coefficient (Wildman–Crippen LogP) is 8.70. The fraction of sp³-hybridized carbons (Fsp3) is 0.0606. The molecule has 1 aliphatic rings. The minimum absolute atomic E-state index is 0.173. The van der Waals surface area contributed by atoms with Crippen LogP contribution in [-0.2, 0) is 0 Å². The summed E-state index contributed by atoms with van der Waals surface area (Å²) in [5.74, 6) is 1.05. The molecule has 6 aromatic rings. The van der Waals surface area contributed by atoms with Gasteiger partial charge in [-0.05, 0) is 59.5 Å². The maximum atomic E-state index is 5.09. The number of rotatable bonds is 4. The van der Waals surface area contributed by atoms with Gasteiger partial charge in [-0.3, -0.25) is 0 Å². The Labute approximate surface area is 210 Å². The summed E-state index contributed by atoms with van der Waals surface area (Å²) in [6.45, 7) is 2.29. The van der Waals surface area contributed by atoms with Crippen LogP contribution in [0.3, 0.4) is 0 Å². The van der Waals surface area contributed by atoms with Gasteiger partial charge in [-0.1, -0.05) is 91.0 Å². The monoisotopic (exact) mass is 463 g/mol. The Balaban J connectivity index is 1.37. The van der Waals surface area contributed by atoms with Gasteiger partial charge in [0.1, 0.15) is 5.82 Å². The third kappa shape index (κ3) is 3.24. The molecule has 1 unspecified atom stereocenters. The highest BCUT2D eigenvalue weighted by Gasteiger charge is 2.31. The van der Waals surface area contributed by atoms with E-state index in [4.69, 9.17) is 4.98 Å². The molecule has 0 saturated carbocycles. The Morgan fingerprint density at radius 2 is 1.33 bits per heavy atom. The molecule has 5 aromatic carbocycles. The van der Waals surface area contributed by atoms with Crippen LogP contribution in [0.4, 0.5) is 11.4 Å². The van der Waals surface area contributed by atoms with Gasteiger partial charge in [-0.2, -0.15) is 0 Å². The van der Waals surface area contributed by atoms with E-state index in [1.54, 1.807) is 0 Å². The van der Waals surface area contributed by atoms with Crippen LogP contribution >= 0.6 is 0 Å². The molecule has 0 bridgehead atoms. The van der Waals surface area contributed by atoms with E-state index >= 15 is 0 Å². The Morgan fingerprint density at radius 3 is 2.17 bits per heavy atom. The third-order valence-electron chi connectivity index (χ3n) is 7.22. The van der Waals surface area contributed by atoms with E-state index < -0.39 is 0 Å². The van der Waals surface area contributed by atoms with Crippen LogP contribution in [0.15, 0.2) is 121 Å². The number of hydrogen-bond acceptors (Lipinski definition) is 2. The molecule has 0 saturated heterocycles. The zero-order chi connectivity index (χ0) is 24.1. The van der Waals surface area contributed by atoms with Crippen molar-refractivity contribution in [3.8, 4) is 33.6 Å². The maximum absolute atomic E-state index is 5.09. The van der Waals surface area contributed by atoms with E-state index in [1.165, 1.54) is 38.9 Å². The fourth-order valence-corrected chi connectivity index (χ4v) is 5.56. The van der Waals surface area contributed by atoms with Crippen molar-refractivity contribution in [1.82, 2.24) is 9.55 Å². The van der Waals surface area contributed by atoms with Crippen LogP contribution in [0.5, 0.6) is 0 Å². The molecule has 0 aliphatic carbocycles. The van der Waals surface area contributed by atoms with Crippen molar-refractivity contribution in [1.29, 1.82) is 0 Å². The van der Waals surface area contributed by atoms with Crippen molar-refractivity contribution in [2.75, 3.05) is 5.32 Å². The molecule has 1 N–H and O–H groups in total. The second kappa shape index (κ2) is 8.24. The number of nitrogens with one attached hydrogen (secondary N) is 1. The lowest BCUT2D eigenvalue weighted by Gasteiger charge is -2.18. The summed E-state index contributed by atoms with van der Waals surface area (Å²) in [7, 11) is 0. The van der Waals surface area contributed by atoms with Gasteiger partial charge in [0.25, 0.3) is 0 Å². The summed E-state index contributed by atoms with van der Waals surface area (Å²) in [4.78, 5) is 5.09. The molecule has 3 nitrogen and oxygen atoms in total. The number of nitrogens with zero attached hydrogens (tertiary/aromatic N) is 2. The van der Waals surface area contributed by atoms with E-state index in [1.807, 2.05) is 6.07 Å². The average Bonchev–Trinajstić information content (AvgIpc) is 3.45. The highest BCUT2D eigenvalue weighted by molar-refractivity contribution is 5.92. The van der Waals surface area contributed by atoms with E-state index in [0.29, 0.717) is 0 Å². The summed E-state index contributed by atoms with van der Waals surface area (Å²) in [5, 5.41) is 3.62. The van der Waals surface area contributed by atoms with Crippen LogP contribution in [0, 0.1) is 0 Å². The summed E-state index contributed by atoms with van der Waals surface area (Å²) in [6, 6.07) is 42.9. The molecule has 1 aromatic heterocycles. The first-order valence-electron chi connectivity index (χ1n) is 12.4. The molecule has 36 heavy (non-hydrogen) atoms. The van der Waals surface area contributed by atoms with Crippen LogP contribution < -0.4 is 5.32 Å². The molecule has 0 spiro atoms. The first-order valence-corrected chi connectivity index (χ1v) is 12.4. The molecule has 7 rings (SSSR count). The smallest absolute Gasteiger partial charge is 0.142 e. The second-order valence-electron chi connectivity index (χ2n) is 9.35. The number of fused-ring (bicyclic) bond motifs is 5. The van der Waals surface area contributed by atoms with Crippen molar-refractivity contribution >= 4 is 22.4 Å². The first kappa shape index (κ1) is 20.7. The molecule has 1 atom stereocenters. The van der Waals surface area contributed by atoms with E-state index in [0.717, 1.165) is 22.7 Å². The fourth-order valence-electron chi connectivity index (χ4n) is 5.56. The summed E-state index contributed by atoms with van der Waals surface area (Å²) in [5.41, 5.74) is 11.8. The SMILES string of the molecule is CC1c2c(-c3ccccc3Nc3ccccc3)cccc2-c2nc3ccc(-c4ccccc4)cc3n21. The molecule has 0 amide bonds. The second-order valence-corrected chi connectivity index (χ2v) is 9.35. The number of imidazole rings is 1. The number of benzene rings is 5. The molecule has 0 radical (unpaired) electrons. The number of anilines is 2. The molecule has 3 heteroatoms. The third-order valence-corrected chi connectivity index (χ3v) is 7.22. The van der Waals surface area contributed by atoms with Crippen molar-refractivity contribution in [3.05, 3.63) is 127 Å². The lowest BCUT2D eigenvalue weighted by atomic mass is 9.92. The zero-order valence-corrected chi connectivity index (χ0v) is 20.0. The summed E-state index contributed by atoms with van der Waals surface area (Å²) >= 11 is 0. The van der Waals surface area contributed by atoms with Crippen LogP contribution in [0.25, 0.3) is 44.7 Å². The van der Waals surface area contributed by atoms with Gasteiger partial charge in [0.15, 0.2) is 0 Å². The lowest BCUT2D eigenvalue weighted by Crippen LogP contribution is -2.03. The normalized spacial score (nSPS) is 14.0. The molecule has 2 heterocycles.